The van der Waals surface area contributed by atoms with Crippen LogP contribution in [0, 0.1) is 5.92 Å². The lowest BCUT2D eigenvalue weighted by molar-refractivity contribution is 0.367. The van der Waals surface area contributed by atoms with Gasteiger partial charge in [0, 0.05) is 5.75 Å². The van der Waals surface area contributed by atoms with Crippen LogP contribution in [0.15, 0.2) is 30.3 Å². The third kappa shape index (κ3) is 4.18. The first kappa shape index (κ1) is 12.0. The molecule has 0 unspecified atom stereocenters. The minimum atomic E-state index is 0.976. The smallest absolute Gasteiger partial charge is 0.0184 e. The summed E-state index contributed by atoms with van der Waals surface area (Å²) in [5, 5.41) is 3.42. The molecule has 0 radical (unpaired) electrons. The van der Waals surface area contributed by atoms with Crippen LogP contribution in [0.4, 0.5) is 0 Å². The highest BCUT2D eigenvalue weighted by atomic mass is 32.2. The van der Waals surface area contributed by atoms with Crippen molar-refractivity contribution in [3.8, 4) is 0 Å². The lowest BCUT2D eigenvalue weighted by Gasteiger charge is -2.22. The second kappa shape index (κ2) is 6.97. The average molecular weight is 235 g/mol. The highest BCUT2D eigenvalue weighted by molar-refractivity contribution is 7.98. The molecule has 1 aliphatic rings. The quantitative estimate of drug-likeness (QED) is 0.786. The van der Waals surface area contributed by atoms with Crippen molar-refractivity contribution in [3.05, 3.63) is 35.9 Å². The molecule has 0 aliphatic carbocycles. The van der Waals surface area contributed by atoms with Crippen molar-refractivity contribution in [2.75, 3.05) is 18.8 Å². The third-order valence-corrected chi connectivity index (χ3v) is 4.30. The van der Waals surface area contributed by atoms with Gasteiger partial charge in [-0.05, 0) is 49.6 Å². The molecule has 0 spiro atoms. The first-order valence-corrected chi connectivity index (χ1v) is 7.43. The summed E-state index contributed by atoms with van der Waals surface area (Å²) in [5.74, 6) is 3.47. The fraction of sp³-hybridized carbons (Fsp3) is 0.571. The van der Waals surface area contributed by atoms with Crippen LogP contribution in [0.2, 0.25) is 0 Å². The molecular weight excluding hydrogens is 214 g/mol. The van der Waals surface area contributed by atoms with Crippen LogP contribution in [0.5, 0.6) is 0 Å². The molecule has 2 heteroatoms. The Balaban J connectivity index is 1.58. The molecule has 1 aliphatic heterocycles. The molecule has 1 heterocycles. The van der Waals surface area contributed by atoms with Gasteiger partial charge in [0.2, 0.25) is 0 Å². The number of nitrogens with one attached hydrogen (secondary N) is 1. The molecule has 1 nitrogen and oxygen atoms in total. The summed E-state index contributed by atoms with van der Waals surface area (Å²) in [6.07, 6.45) is 4.16. The van der Waals surface area contributed by atoms with Crippen molar-refractivity contribution in [1.82, 2.24) is 5.32 Å². The number of hydrogen-bond acceptors (Lipinski definition) is 2. The minimum Gasteiger partial charge on any atom is -0.317 e. The largest absolute Gasteiger partial charge is 0.317 e. The predicted octanol–water partition coefficient (Wildman–Crippen LogP) is 3.31. The first-order valence-electron chi connectivity index (χ1n) is 6.27. The van der Waals surface area contributed by atoms with E-state index >= 15 is 0 Å². The summed E-state index contributed by atoms with van der Waals surface area (Å²) in [6, 6.07) is 10.8. The number of rotatable bonds is 5. The van der Waals surface area contributed by atoms with Crippen LogP contribution in [-0.2, 0) is 5.75 Å². The molecule has 16 heavy (non-hydrogen) atoms. The molecule has 0 amide bonds. The van der Waals surface area contributed by atoms with E-state index in [1.165, 1.54) is 49.4 Å². The van der Waals surface area contributed by atoms with Gasteiger partial charge in [0.05, 0.1) is 0 Å². The second-order valence-corrected chi connectivity index (χ2v) is 5.63. The standard InChI is InChI=1S/C14H21NS/c1-2-4-14(5-3-1)12-16-11-8-13-6-9-15-10-7-13/h1-5,13,15H,6-12H2. The van der Waals surface area contributed by atoms with Gasteiger partial charge in [-0.3, -0.25) is 0 Å². The SMILES string of the molecule is c1ccc(CSCCC2CCNCC2)cc1. The Morgan fingerprint density at radius 1 is 1.12 bits per heavy atom. The Bertz CT molecular complexity index is 280. The maximum absolute atomic E-state index is 3.42. The zero-order chi connectivity index (χ0) is 11.1. The van der Waals surface area contributed by atoms with Crippen molar-refractivity contribution in [2.24, 2.45) is 5.92 Å². The Kier molecular flexibility index (Phi) is 5.23. The third-order valence-electron chi connectivity index (χ3n) is 3.24. The summed E-state index contributed by atoms with van der Waals surface area (Å²) in [4.78, 5) is 0. The predicted molar refractivity (Wildman–Crippen MR) is 72.8 cm³/mol. The van der Waals surface area contributed by atoms with Crippen molar-refractivity contribution in [3.63, 3.8) is 0 Å². The van der Waals surface area contributed by atoms with Gasteiger partial charge < -0.3 is 5.32 Å². The van der Waals surface area contributed by atoms with E-state index in [-0.39, 0.29) is 0 Å². The fourth-order valence-electron chi connectivity index (χ4n) is 2.18. The molecule has 1 aromatic carbocycles. The van der Waals surface area contributed by atoms with Gasteiger partial charge >= 0.3 is 0 Å². The fourth-order valence-corrected chi connectivity index (χ4v) is 3.26. The normalized spacial score (nSPS) is 17.5. The summed E-state index contributed by atoms with van der Waals surface area (Å²) in [5.41, 5.74) is 1.46. The molecular formula is C14H21NS. The monoisotopic (exact) mass is 235 g/mol. The zero-order valence-corrected chi connectivity index (χ0v) is 10.6. The number of benzene rings is 1. The second-order valence-electron chi connectivity index (χ2n) is 4.52. The lowest BCUT2D eigenvalue weighted by atomic mass is 9.96. The number of thioether (sulfide) groups is 1. The molecule has 1 saturated heterocycles. The lowest BCUT2D eigenvalue weighted by Crippen LogP contribution is -2.27. The van der Waals surface area contributed by atoms with E-state index in [4.69, 9.17) is 0 Å². The Hall–Kier alpha value is -0.470. The van der Waals surface area contributed by atoms with E-state index in [2.05, 4.69) is 47.4 Å². The highest BCUT2D eigenvalue weighted by Gasteiger charge is 2.11. The van der Waals surface area contributed by atoms with Gasteiger partial charge in [-0.2, -0.15) is 11.8 Å². The minimum absolute atomic E-state index is 0.976. The summed E-state index contributed by atoms with van der Waals surface area (Å²) in [7, 11) is 0. The van der Waals surface area contributed by atoms with Gasteiger partial charge in [0.1, 0.15) is 0 Å². The topological polar surface area (TPSA) is 12.0 Å². The molecule has 0 atom stereocenters. The molecule has 1 fully saturated rings. The first-order chi connectivity index (χ1) is 7.95. The molecule has 0 bridgehead atoms. The number of hydrogen-bond donors (Lipinski definition) is 1. The van der Waals surface area contributed by atoms with Crippen LogP contribution >= 0.6 is 11.8 Å². The van der Waals surface area contributed by atoms with Gasteiger partial charge in [-0.25, -0.2) is 0 Å². The Morgan fingerprint density at radius 3 is 2.62 bits per heavy atom. The molecule has 1 aromatic rings. The van der Waals surface area contributed by atoms with E-state index < -0.39 is 0 Å². The molecule has 88 valence electrons. The van der Waals surface area contributed by atoms with Crippen LogP contribution in [-0.4, -0.2) is 18.8 Å². The van der Waals surface area contributed by atoms with Crippen LogP contribution < -0.4 is 5.32 Å². The van der Waals surface area contributed by atoms with E-state index in [1.54, 1.807) is 0 Å². The molecule has 0 aromatic heterocycles. The van der Waals surface area contributed by atoms with Gasteiger partial charge in [-0.1, -0.05) is 30.3 Å². The Labute approximate surface area is 103 Å². The van der Waals surface area contributed by atoms with Crippen molar-refractivity contribution in [1.29, 1.82) is 0 Å². The maximum atomic E-state index is 3.42. The summed E-state index contributed by atoms with van der Waals surface area (Å²) in [6.45, 7) is 2.46. The Morgan fingerprint density at radius 2 is 1.88 bits per heavy atom. The van der Waals surface area contributed by atoms with E-state index in [1.807, 2.05) is 0 Å². The maximum Gasteiger partial charge on any atom is 0.0184 e. The van der Waals surface area contributed by atoms with Crippen molar-refractivity contribution < 1.29 is 0 Å². The van der Waals surface area contributed by atoms with Gasteiger partial charge in [0.25, 0.3) is 0 Å². The van der Waals surface area contributed by atoms with E-state index in [0.717, 1.165) is 5.92 Å². The number of piperidine rings is 1. The summed E-state index contributed by atoms with van der Waals surface area (Å²) < 4.78 is 0. The highest BCUT2D eigenvalue weighted by Crippen LogP contribution is 2.20. The van der Waals surface area contributed by atoms with E-state index in [0.29, 0.717) is 0 Å². The van der Waals surface area contributed by atoms with Crippen LogP contribution in [0.3, 0.4) is 0 Å². The molecule has 1 N–H and O–H groups in total. The molecule has 2 rings (SSSR count). The van der Waals surface area contributed by atoms with Crippen molar-refractivity contribution in [2.45, 2.75) is 25.0 Å². The van der Waals surface area contributed by atoms with Crippen LogP contribution in [0.1, 0.15) is 24.8 Å². The summed E-state index contributed by atoms with van der Waals surface area (Å²) >= 11 is 2.08. The van der Waals surface area contributed by atoms with Crippen molar-refractivity contribution >= 4 is 11.8 Å². The van der Waals surface area contributed by atoms with Crippen LogP contribution in [0.25, 0.3) is 0 Å². The average Bonchev–Trinajstić information content (AvgIpc) is 2.37. The van der Waals surface area contributed by atoms with Gasteiger partial charge in [0.15, 0.2) is 0 Å². The molecule has 0 saturated carbocycles. The van der Waals surface area contributed by atoms with E-state index in [9.17, 15) is 0 Å². The van der Waals surface area contributed by atoms with Gasteiger partial charge in [-0.15, -0.1) is 0 Å². The zero-order valence-electron chi connectivity index (χ0n) is 9.82.